The molecule has 7 heteroatoms. The Balaban J connectivity index is 1.50. The van der Waals surface area contributed by atoms with Crippen molar-refractivity contribution in [1.29, 1.82) is 0 Å². The molecule has 166 valence electrons. The molecule has 0 saturated heterocycles. The summed E-state index contributed by atoms with van der Waals surface area (Å²) in [5, 5.41) is 10.2. The lowest BCUT2D eigenvalue weighted by atomic mass is 10.0. The fourth-order valence-electron chi connectivity index (χ4n) is 3.64. The Kier molecular flexibility index (Phi) is 6.37. The van der Waals surface area contributed by atoms with Crippen LogP contribution >= 0.6 is 11.8 Å². The van der Waals surface area contributed by atoms with E-state index in [0.717, 1.165) is 51.0 Å². The molecule has 0 saturated carbocycles. The molecule has 0 spiro atoms. The SMILES string of the molecule is CCn1c(COc2ccc(C)c(C)c2)nnc1SCc1cc(=O)c2ccc(C)c(C)c2[nH]1. The van der Waals surface area contributed by atoms with E-state index in [1.165, 1.54) is 11.1 Å². The first-order valence-electron chi connectivity index (χ1n) is 10.7. The van der Waals surface area contributed by atoms with E-state index in [1.54, 1.807) is 17.8 Å². The molecule has 0 fully saturated rings. The normalized spacial score (nSPS) is 11.3. The van der Waals surface area contributed by atoms with Crippen molar-refractivity contribution in [3.05, 3.63) is 80.4 Å². The van der Waals surface area contributed by atoms with Crippen LogP contribution in [-0.4, -0.2) is 19.7 Å². The van der Waals surface area contributed by atoms with Crippen molar-refractivity contribution in [2.45, 2.75) is 58.7 Å². The summed E-state index contributed by atoms with van der Waals surface area (Å²) in [6.07, 6.45) is 0. The van der Waals surface area contributed by atoms with Gasteiger partial charge in [0, 0.05) is 29.4 Å². The molecule has 0 bridgehead atoms. The van der Waals surface area contributed by atoms with Crippen LogP contribution in [0.3, 0.4) is 0 Å². The third kappa shape index (κ3) is 4.43. The summed E-state index contributed by atoms with van der Waals surface area (Å²) in [7, 11) is 0. The summed E-state index contributed by atoms with van der Waals surface area (Å²) in [4.78, 5) is 16.0. The molecule has 4 aromatic rings. The molecule has 4 rings (SSSR count). The molecule has 2 heterocycles. The van der Waals surface area contributed by atoms with Gasteiger partial charge in [-0.05, 0) is 75.1 Å². The van der Waals surface area contributed by atoms with E-state index < -0.39 is 0 Å². The molecule has 1 N–H and O–H groups in total. The van der Waals surface area contributed by atoms with Crippen LogP contribution in [0.5, 0.6) is 5.75 Å². The summed E-state index contributed by atoms with van der Waals surface area (Å²) in [5.74, 6) is 2.22. The Labute approximate surface area is 192 Å². The third-order valence-electron chi connectivity index (χ3n) is 5.90. The summed E-state index contributed by atoms with van der Waals surface area (Å²) in [6, 6.07) is 11.6. The molecule has 2 aromatic carbocycles. The number of pyridine rings is 1. The van der Waals surface area contributed by atoms with Crippen LogP contribution in [0.1, 0.15) is 40.7 Å². The maximum absolute atomic E-state index is 12.6. The van der Waals surface area contributed by atoms with Gasteiger partial charge >= 0.3 is 0 Å². The lowest BCUT2D eigenvalue weighted by molar-refractivity contribution is 0.288. The minimum atomic E-state index is 0.0388. The number of ether oxygens (including phenoxy) is 1. The minimum absolute atomic E-state index is 0.0388. The summed E-state index contributed by atoms with van der Waals surface area (Å²) >= 11 is 1.56. The summed E-state index contributed by atoms with van der Waals surface area (Å²) < 4.78 is 8.01. The lowest BCUT2D eigenvalue weighted by Crippen LogP contribution is -2.08. The van der Waals surface area contributed by atoms with Crippen LogP contribution in [0.4, 0.5) is 0 Å². The van der Waals surface area contributed by atoms with Gasteiger partial charge in [0.1, 0.15) is 12.4 Å². The number of aromatic amines is 1. The maximum Gasteiger partial charge on any atom is 0.191 e. The molecule has 0 aliphatic heterocycles. The first-order chi connectivity index (χ1) is 15.4. The number of hydrogen-bond acceptors (Lipinski definition) is 5. The highest BCUT2D eigenvalue weighted by atomic mass is 32.2. The Hall–Kier alpha value is -3.06. The van der Waals surface area contributed by atoms with Gasteiger partial charge in [-0.25, -0.2) is 0 Å². The van der Waals surface area contributed by atoms with E-state index in [9.17, 15) is 4.79 Å². The van der Waals surface area contributed by atoms with Gasteiger partial charge < -0.3 is 14.3 Å². The highest BCUT2D eigenvalue weighted by Crippen LogP contribution is 2.24. The van der Waals surface area contributed by atoms with Gasteiger partial charge in [0.05, 0.1) is 5.52 Å². The van der Waals surface area contributed by atoms with Crippen molar-refractivity contribution in [1.82, 2.24) is 19.7 Å². The van der Waals surface area contributed by atoms with Gasteiger partial charge in [-0.3, -0.25) is 4.79 Å². The van der Waals surface area contributed by atoms with Crippen molar-refractivity contribution in [3.63, 3.8) is 0 Å². The van der Waals surface area contributed by atoms with E-state index in [1.807, 2.05) is 31.2 Å². The van der Waals surface area contributed by atoms with E-state index in [4.69, 9.17) is 4.74 Å². The zero-order valence-corrected chi connectivity index (χ0v) is 20.0. The molecule has 6 nitrogen and oxygen atoms in total. The third-order valence-corrected chi connectivity index (χ3v) is 6.92. The van der Waals surface area contributed by atoms with Crippen molar-refractivity contribution in [2.24, 2.45) is 0 Å². The Bertz CT molecular complexity index is 1340. The monoisotopic (exact) mass is 448 g/mol. The van der Waals surface area contributed by atoms with Gasteiger partial charge in [0.25, 0.3) is 0 Å². The number of fused-ring (bicyclic) bond motifs is 1. The molecular weight excluding hydrogens is 420 g/mol. The number of thioether (sulfide) groups is 1. The second kappa shape index (κ2) is 9.20. The molecule has 0 radical (unpaired) electrons. The zero-order chi connectivity index (χ0) is 22.8. The fraction of sp³-hybridized carbons (Fsp3) is 0.320. The van der Waals surface area contributed by atoms with Crippen LogP contribution in [-0.2, 0) is 18.9 Å². The Morgan fingerprint density at radius 3 is 2.53 bits per heavy atom. The average Bonchev–Trinajstić information content (AvgIpc) is 3.17. The van der Waals surface area contributed by atoms with E-state index in [-0.39, 0.29) is 5.43 Å². The molecule has 0 aliphatic rings. The summed E-state index contributed by atoms with van der Waals surface area (Å²) in [5.41, 5.74) is 6.53. The minimum Gasteiger partial charge on any atom is -0.486 e. The van der Waals surface area contributed by atoms with Crippen LogP contribution in [0, 0.1) is 27.7 Å². The fourth-order valence-corrected chi connectivity index (χ4v) is 4.57. The van der Waals surface area contributed by atoms with Crippen LogP contribution in [0.25, 0.3) is 10.9 Å². The molecule has 32 heavy (non-hydrogen) atoms. The molecule has 2 aromatic heterocycles. The number of rotatable bonds is 7. The number of hydrogen-bond donors (Lipinski definition) is 1. The van der Waals surface area contributed by atoms with Crippen LogP contribution in [0.2, 0.25) is 0 Å². The van der Waals surface area contributed by atoms with Crippen molar-refractivity contribution in [3.8, 4) is 5.75 Å². The molecule has 0 atom stereocenters. The van der Waals surface area contributed by atoms with E-state index >= 15 is 0 Å². The summed E-state index contributed by atoms with van der Waals surface area (Å²) in [6.45, 7) is 11.4. The highest BCUT2D eigenvalue weighted by molar-refractivity contribution is 7.98. The number of benzene rings is 2. The Morgan fingerprint density at radius 1 is 1.00 bits per heavy atom. The Morgan fingerprint density at radius 2 is 1.78 bits per heavy atom. The second-order valence-corrected chi connectivity index (χ2v) is 9.00. The number of nitrogens with one attached hydrogen (secondary N) is 1. The second-order valence-electron chi connectivity index (χ2n) is 8.06. The molecular formula is C25H28N4O2S. The predicted molar refractivity (Wildman–Crippen MR) is 130 cm³/mol. The molecule has 0 aliphatic carbocycles. The molecule has 0 amide bonds. The number of nitrogens with zero attached hydrogens (tertiary/aromatic N) is 3. The van der Waals surface area contributed by atoms with Gasteiger partial charge in [-0.1, -0.05) is 23.9 Å². The first kappa shape index (κ1) is 22.1. The van der Waals surface area contributed by atoms with Crippen LogP contribution in [0.15, 0.2) is 46.3 Å². The zero-order valence-electron chi connectivity index (χ0n) is 19.2. The highest BCUT2D eigenvalue weighted by Gasteiger charge is 2.14. The first-order valence-corrected chi connectivity index (χ1v) is 11.7. The smallest absolute Gasteiger partial charge is 0.191 e. The number of aromatic nitrogens is 4. The van der Waals surface area contributed by atoms with Crippen LogP contribution < -0.4 is 10.2 Å². The van der Waals surface area contributed by atoms with Crippen molar-refractivity contribution >= 4 is 22.7 Å². The quantitative estimate of drug-likeness (QED) is 0.391. The topological polar surface area (TPSA) is 72.8 Å². The van der Waals surface area contributed by atoms with Crippen molar-refractivity contribution in [2.75, 3.05) is 0 Å². The van der Waals surface area contributed by atoms with Crippen molar-refractivity contribution < 1.29 is 4.74 Å². The number of aryl methyl sites for hydroxylation is 4. The number of H-pyrrole nitrogens is 1. The average molecular weight is 449 g/mol. The molecule has 0 unspecified atom stereocenters. The van der Waals surface area contributed by atoms with E-state index in [0.29, 0.717) is 12.4 Å². The maximum atomic E-state index is 12.6. The van der Waals surface area contributed by atoms with Gasteiger partial charge in [-0.15, -0.1) is 10.2 Å². The van der Waals surface area contributed by atoms with Gasteiger partial charge in [0.2, 0.25) is 0 Å². The van der Waals surface area contributed by atoms with E-state index in [2.05, 4.69) is 53.5 Å². The van der Waals surface area contributed by atoms with Gasteiger partial charge in [-0.2, -0.15) is 0 Å². The van der Waals surface area contributed by atoms with Gasteiger partial charge in [0.15, 0.2) is 16.4 Å². The standard InChI is InChI=1S/C25H28N4O2S/c1-6-29-23(13-31-20-9-7-15(2)17(4)11-20)27-28-25(29)32-14-19-12-22(30)21-10-8-16(3)18(5)24(21)26-19/h7-12H,6,13-14H2,1-5H3,(H,26,30). The lowest BCUT2D eigenvalue weighted by Gasteiger charge is -2.11. The largest absolute Gasteiger partial charge is 0.486 e. The predicted octanol–water partition coefficient (Wildman–Crippen LogP) is 5.24.